The first kappa shape index (κ1) is 15.5. The van der Waals surface area contributed by atoms with E-state index in [-0.39, 0.29) is 0 Å². The fourth-order valence-electron chi connectivity index (χ4n) is 2.07. The number of halogens is 1. The molecule has 0 fully saturated rings. The van der Waals surface area contributed by atoms with Crippen LogP contribution in [0, 0.1) is 13.8 Å². The summed E-state index contributed by atoms with van der Waals surface area (Å²) in [5.41, 5.74) is 5.30. The van der Waals surface area contributed by atoms with E-state index in [0.717, 1.165) is 13.0 Å². The summed E-state index contributed by atoms with van der Waals surface area (Å²) < 4.78 is 1.22. The lowest BCUT2D eigenvalue weighted by Gasteiger charge is -2.18. The molecule has 0 aliphatic heterocycles. The molecule has 1 aromatic carbocycles. The summed E-state index contributed by atoms with van der Waals surface area (Å²) in [6, 6.07) is 4.86. The minimum atomic E-state index is 0.320. The Kier molecular flexibility index (Phi) is 6.10. The number of nitrogens with one attached hydrogen (secondary N) is 1. The highest BCUT2D eigenvalue weighted by atomic mass is 79.9. The molecule has 0 aliphatic rings. The van der Waals surface area contributed by atoms with Gasteiger partial charge in [-0.25, -0.2) is 0 Å². The van der Waals surface area contributed by atoms with Crippen LogP contribution in [-0.2, 0) is 0 Å². The average molecular weight is 310 g/mol. The zero-order chi connectivity index (χ0) is 13.7. The molecule has 0 radical (unpaired) electrons. The van der Waals surface area contributed by atoms with E-state index < -0.39 is 0 Å². The van der Waals surface area contributed by atoms with Crippen molar-refractivity contribution in [1.29, 1.82) is 0 Å². The number of benzene rings is 1. The van der Waals surface area contributed by atoms with Gasteiger partial charge in [0.05, 0.1) is 6.04 Å². The molecular weight excluding hydrogens is 286 g/mol. The van der Waals surface area contributed by atoms with Crippen LogP contribution in [-0.4, -0.2) is 6.54 Å². The maximum absolute atomic E-state index is 3.63. The van der Waals surface area contributed by atoms with E-state index in [1.165, 1.54) is 26.7 Å². The van der Waals surface area contributed by atoms with Gasteiger partial charge in [-0.05, 0) is 57.4 Å². The molecule has 1 atom stereocenters. The van der Waals surface area contributed by atoms with Gasteiger partial charge < -0.3 is 5.32 Å². The van der Waals surface area contributed by atoms with Crippen molar-refractivity contribution >= 4 is 15.9 Å². The van der Waals surface area contributed by atoms with Crippen LogP contribution in [0.5, 0.6) is 0 Å². The van der Waals surface area contributed by atoms with Crippen molar-refractivity contribution in [2.45, 2.75) is 47.1 Å². The number of rotatable bonds is 5. The van der Waals surface area contributed by atoms with Gasteiger partial charge in [-0.3, -0.25) is 0 Å². The number of aryl methyl sites for hydroxylation is 2. The first-order valence-electron chi connectivity index (χ1n) is 6.60. The van der Waals surface area contributed by atoms with Gasteiger partial charge in [0.1, 0.15) is 0 Å². The molecule has 0 saturated heterocycles. The highest BCUT2D eigenvalue weighted by molar-refractivity contribution is 9.10. The highest BCUT2D eigenvalue weighted by Crippen LogP contribution is 2.26. The summed E-state index contributed by atoms with van der Waals surface area (Å²) in [6.45, 7) is 11.9. The molecule has 1 rings (SSSR count). The normalized spacial score (nSPS) is 12.3. The molecule has 0 aromatic heterocycles. The van der Waals surface area contributed by atoms with Gasteiger partial charge in [0.2, 0.25) is 0 Å². The summed E-state index contributed by atoms with van der Waals surface area (Å²) in [5, 5.41) is 3.60. The third-order valence-electron chi connectivity index (χ3n) is 2.93. The predicted octanol–water partition coefficient (Wildman–Crippen LogP) is 5.07. The van der Waals surface area contributed by atoms with Crippen LogP contribution in [0.1, 0.15) is 49.9 Å². The number of allylic oxidation sites excluding steroid dienone is 1. The summed E-state index contributed by atoms with van der Waals surface area (Å²) in [6.07, 6.45) is 3.46. The lowest BCUT2D eigenvalue weighted by molar-refractivity contribution is 0.609. The van der Waals surface area contributed by atoms with Crippen molar-refractivity contribution in [1.82, 2.24) is 5.32 Å². The van der Waals surface area contributed by atoms with E-state index >= 15 is 0 Å². The Morgan fingerprint density at radius 3 is 2.28 bits per heavy atom. The Labute approximate surface area is 120 Å². The van der Waals surface area contributed by atoms with Gasteiger partial charge in [0, 0.05) is 4.47 Å². The minimum absolute atomic E-state index is 0.320. The Morgan fingerprint density at radius 1 is 1.28 bits per heavy atom. The largest absolute Gasteiger partial charge is 0.307 e. The van der Waals surface area contributed by atoms with Gasteiger partial charge in [-0.2, -0.15) is 0 Å². The Bertz CT molecular complexity index is 408. The first-order chi connectivity index (χ1) is 8.45. The second kappa shape index (κ2) is 7.10. The molecule has 0 aliphatic carbocycles. The SMILES string of the molecule is CCCNC(C=C(C)C)c1cc(C)c(Br)c(C)c1. The van der Waals surface area contributed by atoms with Crippen LogP contribution in [0.15, 0.2) is 28.3 Å². The van der Waals surface area contributed by atoms with E-state index in [1.807, 2.05) is 0 Å². The Hall–Kier alpha value is -0.600. The quantitative estimate of drug-likeness (QED) is 0.748. The van der Waals surface area contributed by atoms with Crippen molar-refractivity contribution in [2.75, 3.05) is 6.54 Å². The van der Waals surface area contributed by atoms with E-state index in [4.69, 9.17) is 0 Å². The maximum Gasteiger partial charge on any atom is 0.0508 e. The molecule has 0 amide bonds. The third-order valence-corrected chi connectivity index (χ3v) is 4.18. The van der Waals surface area contributed by atoms with Crippen molar-refractivity contribution in [3.05, 3.63) is 44.9 Å². The van der Waals surface area contributed by atoms with Gasteiger partial charge in [0.15, 0.2) is 0 Å². The van der Waals surface area contributed by atoms with Gasteiger partial charge in [0.25, 0.3) is 0 Å². The molecule has 2 heteroatoms. The fourth-order valence-corrected chi connectivity index (χ4v) is 2.29. The summed E-state index contributed by atoms with van der Waals surface area (Å²) in [5.74, 6) is 0. The second-order valence-corrected chi connectivity index (χ2v) is 5.94. The van der Waals surface area contributed by atoms with E-state index in [9.17, 15) is 0 Å². The van der Waals surface area contributed by atoms with Crippen molar-refractivity contribution in [3.8, 4) is 0 Å². The van der Waals surface area contributed by atoms with E-state index in [2.05, 4.69) is 74.1 Å². The summed E-state index contributed by atoms with van der Waals surface area (Å²) >= 11 is 3.63. The molecule has 1 aromatic rings. The number of hydrogen-bond acceptors (Lipinski definition) is 1. The minimum Gasteiger partial charge on any atom is -0.307 e. The van der Waals surface area contributed by atoms with E-state index in [0.29, 0.717) is 6.04 Å². The second-order valence-electron chi connectivity index (χ2n) is 5.14. The smallest absolute Gasteiger partial charge is 0.0508 e. The maximum atomic E-state index is 3.63. The molecule has 1 nitrogen and oxygen atoms in total. The van der Waals surface area contributed by atoms with Crippen LogP contribution in [0.3, 0.4) is 0 Å². The van der Waals surface area contributed by atoms with Crippen LogP contribution >= 0.6 is 15.9 Å². The molecule has 0 saturated carbocycles. The fraction of sp³-hybridized carbons (Fsp3) is 0.500. The standard InChI is InChI=1S/C16H24BrN/c1-6-7-18-15(8-11(2)3)14-9-12(4)16(17)13(5)10-14/h8-10,15,18H,6-7H2,1-5H3. The zero-order valence-corrected chi connectivity index (χ0v) is 13.7. The third kappa shape index (κ3) is 4.25. The lowest BCUT2D eigenvalue weighted by Crippen LogP contribution is -2.21. The molecule has 1 N–H and O–H groups in total. The average Bonchev–Trinajstić information content (AvgIpc) is 2.30. The van der Waals surface area contributed by atoms with Crippen LogP contribution in [0.2, 0.25) is 0 Å². The molecule has 0 heterocycles. The molecule has 18 heavy (non-hydrogen) atoms. The van der Waals surface area contributed by atoms with Gasteiger partial charge >= 0.3 is 0 Å². The highest BCUT2D eigenvalue weighted by Gasteiger charge is 2.10. The van der Waals surface area contributed by atoms with Crippen LogP contribution in [0.4, 0.5) is 0 Å². The van der Waals surface area contributed by atoms with Gasteiger partial charge in [-0.1, -0.05) is 46.6 Å². The van der Waals surface area contributed by atoms with E-state index in [1.54, 1.807) is 0 Å². The summed E-state index contributed by atoms with van der Waals surface area (Å²) in [4.78, 5) is 0. The summed E-state index contributed by atoms with van der Waals surface area (Å²) in [7, 11) is 0. The zero-order valence-electron chi connectivity index (χ0n) is 12.1. The molecule has 0 bridgehead atoms. The van der Waals surface area contributed by atoms with Crippen molar-refractivity contribution < 1.29 is 0 Å². The monoisotopic (exact) mass is 309 g/mol. The van der Waals surface area contributed by atoms with Crippen molar-refractivity contribution in [3.63, 3.8) is 0 Å². The molecular formula is C16H24BrN. The first-order valence-corrected chi connectivity index (χ1v) is 7.40. The molecule has 100 valence electrons. The van der Waals surface area contributed by atoms with Gasteiger partial charge in [-0.15, -0.1) is 0 Å². The Balaban J connectivity index is 3.08. The van der Waals surface area contributed by atoms with Crippen LogP contribution in [0.25, 0.3) is 0 Å². The molecule has 1 unspecified atom stereocenters. The molecule has 0 spiro atoms. The van der Waals surface area contributed by atoms with Crippen LogP contribution < -0.4 is 5.32 Å². The predicted molar refractivity (Wildman–Crippen MR) is 84.1 cm³/mol. The number of hydrogen-bond donors (Lipinski definition) is 1. The lowest BCUT2D eigenvalue weighted by atomic mass is 9.99. The Morgan fingerprint density at radius 2 is 1.83 bits per heavy atom. The topological polar surface area (TPSA) is 12.0 Å². The van der Waals surface area contributed by atoms with Crippen molar-refractivity contribution in [2.24, 2.45) is 0 Å².